The smallest absolute Gasteiger partial charge is 0.338 e. The quantitative estimate of drug-likeness (QED) is 0.666. The number of benzene rings is 1. The summed E-state index contributed by atoms with van der Waals surface area (Å²) in [7, 11) is 0. The molecule has 0 unspecified atom stereocenters. The van der Waals surface area contributed by atoms with Crippen molar-refractivity contribution in [1.29, 1.82) is 0 Å². The van der Waals surface area contributed by atoms with Crippen LogP contribution in [0.3, 0.4) is 0 Å². The maximum atomic E-state index is 12.0. The van der Waals surface area contributed by atoms with Crippen molar-refractivity contribution in [2.75, 3.05) is 18.5 Å². The molecule has 1 aromatic rings. The normalized spacial score (nSPS) is 15.4. The van der Waals surface area contributed by atoms with E-state index >= 15 is 0 Å². The molecule has 1 fully saturated rings. The fourth-order valence-corrected chi connectivity index (χ4v) is 3.22. The summed E-state index contributed by atoms with van der Waals surface area (Å²) in [5.41, 5.74) is 2.25. The maximum Gasteiger partial charge on any atom is 0.338 e. The van der Waals surface area contributed by atoms with Gasteiger partial charge in [-0.25, -0.2) is 4.79 Å². The lowest BCUT2D eigenvalue weighted by Crippen LogP contribution is -2.40. The van der Waals surface area contributed by atoms with Gasteiger partial charge < -0.3 is 20.5 Å². The first kappa shape index (κ1) is 19.9. The molecule has 0 aromatic heterocycles. The summed E-state index contributed by atoms with van der Waals surface area (Å²) in [6.45, 7) is 5.04. The fraction of sp³-hybridized carbons (Fsp3) is 0.526. The summed E-state index contributed by atoms with van der Waals surface area (Å²) in [6.07, 6.45) is 2.22. The molecule has 2 amide bonds. The molecule has 1 aliphatic carbocycles. The molecule has 0 saturated heterocycles. The van der Waals surface area contributed by atoms with Gasteiger partial charge in [-0.05, 0) is 57.6 Å². The number of amides is 2. The van der Waals surface area contributed by atoms with Crippen LogP contribution < -0.4 is 10.6 Å². The van der Waals surface area contributed by atoms with E-state index < -0.39 is 24.1 Å². The van der Waals surface area contributed by atoms with E-state index in [0.29, 0.717) is 12.8 Å². The molecule has 26 heavy (non-hydrogen) atoms. The molecule has 0 atom stereocenters. The Morgan fingerprint density at radius 2 is 1.65 bits per heavy atom. The molecule has 0 heterocycles. The molecule has 1 aliphatic rings. The Morgan fingerprint density at radius 3 is 2.23 bits per heavy atom. The Labute approximate surface area is 153 Å². The molecule has 0 spiro atoms. The third-order valence-electron chi connectivity index (χ3n) is 4.53. The average Bonchev–Trinajstić information content (AvgIpc) is 3.02. The molecule has 0 radical (unpaired) electrons. The van der Waals surface area contributed by atoms with Crippen molar-refractivity contribution in [1.82, 2.24) is 5.32 Å². The topological polar surface area (TPSA) is 105 Å². The number of carbonyl (C=O) groups is 3. The highest BCUT2D eigenvalue weighted by atomic mass is 16.6. The van der Waals surface area contributed by atoms with Crippen LogP contribution in [-0.2, 0) is 19.1 Å². The lowest BCUT2D eigenvalue weighted by Gasteiger charge is -2.19. The van der Waals surface area contributed by atoms with Crippen molar-refractivity contribution in [3.63, 3.8) is 0 Å². The number of hydrogen-bond acceptors (Lipinski definition) is 5. The van der Waals surface area contributed by atoms with Gasteiger partial charge in [-0.3, -0.25) is 9.59 Å². The number of carbonyl (C=O) groups excluding carboxylic acids is 3. The van der Waals surface area contributed by atoms with Gasteiger partial charge in [-0.1, -0.05) is 17.7 Å². The zero-order valence-electron chi connectivity index (χ0n) is 15.5. The van der Waals surface area contributed by atoms with Crippen molar-refractivity contribution in [2.45, 2.75) is 52.1 Å². The molecular formula is C19H26N2O5. The van der Waals surface area contributed by atoms with Gasteiger partial charge >= 0.3 is 5.97 Å². The second kappa shape index (κ2) is 8.31. The second-order valence-electron chi connectivity index (χ2n) is 6.91. The molecule has 2 rings (SSSR count). The van der Waals surface area contributed by atoms with Gasteiger partial charge in [-0.15, -0.1) is 0 Å². The van der Waals surface area contributed by atoms with E-state index in [1.54, 1.807) is 0 Å². The lowest BCUT2D eigenvalue weighted by molar-refractivity contribution is -0.167. The van der Waals surface area contributed by atoms with Crippen molar-refractivity contribution in [3.8, 4) is 0 Å². The lowest BCUT2D eigenvalue weighted by atomic mass is 10.0. The van der Waals surface area contributed by atoms with Gasteiger partial charge in [0.15, 0.2) is 12.2 Å². The number of aryl methyl sites for hydroxylation is 3. The van der Waals surface area contributed by atoms with Crippen LogP contribution in [0.15, 0.2) is 12.1 Å². The van der Waals surface area contributed by atoms with Crippen molar-refractivity contribution >= 4 is 23.5 Å². The van der Waals surface area contributed by atoms with Gasteiger partial charge in [0.25, 0.3) is 5.91 Å². The third kappa shape index (κ3) is 5.05. The number of nitrogens with one attached hydrogen (secondary N) is 2. The highest BCUT2D eigenvalue weighted by Crippen LogP contribution is 2.30. The van der Waals surface area contributed by atoms with Gasteiger partial charge in [-0.2, -0.15) is 0 Å². The van der Waals surface area contributed by atoms with E-state index in [2.05, 4.69) is 10.6 Å². The van der Waals surface area contributed by atoms with E-state index in [4.69, 9.17) is 4.74 Å². The number of anilines is 1. The summed E-state index contributed by atoms with van der Waals surface area (Å²) >= 11 is 0. The number of rotatable bonds is 6. The Morgan fingerprint density at radius 1 is 1.08 bits per heavy atom. The Kier molecular flexibility index (Phi) is 6.37. The first-order valence-corrected chi connectivity index (χ1v) is 8.75. The van der Waals surface area contributed by atoms with Crippen molar-refractivity contribution < 1.29 is 24.2 Å². The van der Waals surface area contributed by atoms with E-state index in [9.17, 15) is 19.5 Å². The van der Waals surface area contributed by atoms with Crippen LogP contribution in [0.2, 0.25) is 0 Å². The summed E-state index contributed by atoms with van der Waals surface area (Å²) in [6, 6.07) is 3.93. The zero-order valence-corrected chi connectivity index (χ0v) is 15.5. The zero-order chi connectivity index (χ0) is 19.3. The minimum atomic E-state index is -1.47. The van der Waals surface area contributed by atoms with Gasteiger partial charge in [0.1, 0.15) is 0 Å². The molecule has 1 saturated carbocycles. The maximum absolute atomic E-state index is 12.0. The summed E-state index contributed by atoms with van der Waals surface area (Å²) in [4.78, 5) is 35.6. The summed E-state index contributed by atoms with van der Waals surface area (Å²) in [5.74, 6) is -1.73. The number of aliphatic hydroxyl groups is 1. The van der Waals surface area contributed by atoms with Crippen LogP contribution in [0.4, 0.5) is 5.69 Å². The SMILES string of the molecule is Cc1cc(C)c(NC(=O)CNC(=O)COC(=O)C2(O)CCCC2)c(C)c1. The van der Waals surface area contributed by atoms with Crippen LogP contribution in [0.25, 0.3) is 0 Å². The molecule has 0 bridgehead atoms. The van der Waals surface area contributed by atoms with E-state index in [1.165, 1.54) is 0 Å². The predicted molar refractivity (Wildman–Crippen MR) is 96.7 cm³/mol. The largest absolute Gasteiger partial charge is 0.453 e. The first-order valence-electron chi connectivity index (χ1n) is 8.75. The van der Waals surface area contributed by atoms with E-state index in [-0.39, 0.29) is 12.5 Å². The van der Waals surface area contributed by atoms with Crippen LogP contribution in [0.1, 0.15) is 42.4 Å². The number of esters is 1. The fourth-order valence-electron chi connectivity index (χ4n) is 3.22. The summed E-state index contributed by atoms with van der Waals surface area (Å²) < 4.78 is 4.86. The molecule has 7 heteroatoms. The molecule has 7 nitrogen and oxygen atoms in total. The molecule has 142 valence electrons. The van der Waals surface area contributed by atoms with Crippen molar-refractivity contribution in [3.05, 3.63) is 28.8 Å². The monoisotopic (exact) mass is 362 g/mol. The molecule has 0 aliphatic heterocycles. The highest BCUT2D eigenvalue weighted by Gasteiger charge is 2.40. The van der Waals surface area contributed by atoms with Crippen LogP contribution in [-0.4, -0.2) is 41.6 Å². The number of ether oxygens (including phenoxy) is 1. The Balaban J connectivity index is 1.77. The van der Waals surface area contributed by atoms with Crippen LogP contribution >= 0.6 is 0 Å². The van der Waals surface area contributed by atoms with Crippen LogP contribution in [0.5, 0.6) is 0 Å². The summed E-state index contributed by atoms with van der Waals surface area (Å²) in [5, 5.41) is 15.2. The molecular weight excluding hydrogens is 336 g/mol. The predicted octanol–water partition coefficient (Wildman–Crippen LogP) is 1.51. The minimum Gasteiger partial charge on any atom is -0.453 e. The second-order valence-corrected chi connectivity index (χ2v) is 6.91. The Bertz CT molecular complexity index is 685. The van der Waals surface area contributed by atoms with Crippen molar-refractivity contribution in [2.24, 2.45) is 0 Å². The standard InChI is InChI=1S/C19H26N2O5/c1-12-8-13(2)17(14(3)9-12)21-15(22)10-20-16(23)11-26-18(24)19(25)6-4-5-7-19/h8-9,25H,4-7,10-11H2,1-3H3,(H,20,23)(H,21,22). The van der Waals surface area contributed by atoms with Crippen LogP contribution in [0, 0.1) is 20.8 Å². The van der Waals surface area contributed by atoms with Gasteiger partial charge in [0.2, 0.25) is 5.91 Å². The highest BCUT2D eigenvalue weighted by molar-refractivity contribution is 5.96. The Hall–Kier alpha value is -2.41. The third-order valence-corrected chi connectivity index (χ3v) is 4.53. The average molecular weight is 362 g/mol. The first-order chi connectivity index (χ1) is 12.2. The number of hydrogen-bond donors (Lipinski definition) is 3. The van der Waals surface area contributed by atoms with E-state index in [1.807, 2.05) is 32.9 Å². The van der Waals surface area contributed by atoms with Gasteiger partial charge in [0.05, 0.1) is 6.54 Å². The molecule has 1 aromatic carbocycles. The molecule has 3 N–H and O–H groups in total. The minimum absolute atomic E-state index is 0.229. The van der Waals surface area contributed by atoms with E-state index in [0.717, 1.165) is 35.2 Å². The van der Waals surface area contributed by atoms with Gasteiger partial charge in [0, 0.05) is 5.69 Å².